The number of aromatic nitrogens is 3. The number of carbonyl (C=O) groups is 1. The number of hydrogen-bond acceptors (Lipinski definition) is 5. The lowest BCUT2D eigenvalue weighted by atomic mass is 10.2. The Morgan fingerprint density at radius 2 is 1.63 bits per heavy atom. The van der Waals surface area contributed by atoms with Crippen molar-refractivity contribution in [3.8, 4) is 11.4 Å². The highest BCUT2D eigenvalue weighted by molar-refractivity contribution is 6.03. The van der Waals surface area contributed by atoms with Crippen LogP contribution in [0.1, 0.15) is 21.6 Å². The Morgan fingerprint density at radius 1 is 0.900 bits per heavy atom. The van der Waals surface area contributed by atoms with E-state index in [1.54, 1.807) is 18.5 Å². The largest absolute Gasteiger partial charge is 0.366 e. The maximum atomic E-state index is 12.9. The molecule has 0 saturated carbocycles. The maximum absolute atomic E-state index is 12.9. The molecule has 2 aromatic carbocycles. The second-order valence-electron chi connectivity index (χ2n) is 6.86. The SMILES string of the molecule is Cc1ccc(NC(=O)c2cc(NCc3ccncc3)nc(-c3ccccc3)n2)cc1. The van der Waals surface area contributed by atoms with Gasteiger partial charge in [-0.15, -0.1) is 0 Å². The van der Waals surface area contributed by atoms with Crippen molar-refractivity contribution in [3.63, 3.8) is 0 Å². The van der Waals surface area contributed by atoms with Crippen LogP contribution in [0, 0.1) is 6.92 Å². The second-order valence-corrected chi connectivity index (χ2v) is 6.86. The van der Waals surface area contributed by atoms with Gasteiger partial charge in [0.15, 0.2) is 5.82 Å². The fraction of sp³-hybridized carbons (Fsp3) is 0.0833. The molecule has 6 nitrogen and oxygen atoms in total. The van der Waals surface area contributed by atoms with Crippen LogP contribution < -0.4 is 10.6 Å². The zero-order chi connectivity index (χ0) is 20.8. The van der Waals surface area contributed by atoms with Gasteiger partial charge in [0, 0.05) is 36.3 Å². The number of amides is 1. The topological polar surface area (TPSA) is 79.8 Å². The standard InChI is InChI=1S/C24H21N5O/c1-17-7-9-20(10-8-17)27-24(30)21-15-22(26-16-18-11-13-25-14-12-18)29-23(28-21)19-5-3-2-4-6-19/h2-15H,16H2,1H3,(H,27,30)(H,26,28,29). The predicted molar refractivity (Wildman–Crippen MR) is 118 cm³/mol. The molecule has 0 atom stereocenters. The van der Waals surface area contributed by atoms with Gasteiger partial charge in [-0.2, -0.15) is 0 Å². The summed E-state index contributed by atoms with van der Waals surface area (Å²) in [5.41, 5.74) is 4.05. The average Bonchev–Trinajstić information content (AvgIpc) is 2.80. The average molecular weight is 395 g/mol. The van der Waals surface area contributed by atoms with Crippen molar-refractivity contribution >= 4 is 17.4 Å². The summed E-state index contributed by atoms with van der Waals surface area (Å²) in [4.78, 5) is 26.0. The number of nitrogens with zero attached hydrogens (tertiary/aromatic N) is 3. The van der Waals surface area contributed by atoms with Crippen LogP contribution in [0.15, 0.2) is 85.2 Å². The first-order valence-corrected chi connectivity index (χ1v) is 9.63. The van der Waals surface area contributed by atoms with E-state index in [4.69, 9.17) is 0 Å². The van der Waals surface area contributed by atoms with Gasteiger partial charge >= 0.3 is 0 Å². The van der Waals surface area contributed by atoms with E-state index in [-0.39, 0.29) is 5.91 Å². The molecule has 2 heterocycles. The first-order chi connectivity index (χ1) is 14.7. The minimum absolute atomic E-state index is 0.287. The summed E-state index contributed by atoms with van der Waals surface area (Å²) in [6, 6.07) is 22.8. The van der Waals surface area contributed by atoms with E-state index in [0.717, 1.165) is 22.4 Å². The number of carbonyl (C=O) groups excluding carboxylic acids is 1. The molecule has 0 aliphatic carbocycles. The molecule has 6 heteroatoms. The van der Waals surface area contributed by atoms with Gasteiger partial charge in [-0.1, -0.05) is 48.0 Å². The molecule has 0 radical (unpaired) electrons. The van der Waals surface area contributed by atoms with E-state index in [9.17, 15) is 4.79 Å². The lowest BCUT2D eigenvalue weighted by molar-refractivity contribution is 0.102. The Morgan fingerprint density at radius 3 is 2.37 bits per heavy atom. The van der Waals surface area contributed by atoms with Crippen LogP contribution in [0.2, 0.25) is 0 Å². The molecule has 2 aromatic heterocycles. The third-order valence-electron chi connectivity index (χ3n) is 4.52. The van der Waals surface area contributed by atoms with Crippen LogP contribution in [0.5, 0.6) is 0 Å². The van der Waals surface area contributed by atoms with Gasteiger partial charge < -0.3 is 10.6 Å². The molecule has 4 rings (SSSR count). The second kappa shape index (κ2) is 8.96. The third kappa shape index (κ3) is 4.86. The highest BCUT2D eigenvalue weighted by Crippen LogP contribution is 2.19. The number of aryl methyl sites for hydroxylation is 1. The van der Waals surface area contributed by atoms with Gasteiger partial charge in [-0.3, -0.25) is 9.78 Å². The Labute approximate surface area is 175 Å². The molecule has 0 aliphatic rings. The number of rotatable bonds is 6. The van der Waals surface area contributed by atoms with Crippen molar-refractivity contribution < 1.29 is 4.79 Å². The molecule has 0 fully saturated rings. The van der Waals surface area contributed by atoms with Gasteiger partial charge in [0.2, 0.25) is 0 Å². The van der Waals surface area contributed by atoms with Crippen molar-refractivity contribution in [2.45, 2.75) is 13.5 Å². The van der Waals surface area contributed by atoms with E-state index in [2.05, 4.69) is 25.6 Å². The Bertz CT molecular complexity index is 1130. The molecule has 0 saturated heterocycles. The minimum atomic E-state index is -0.287. The molecule has 0 aliphatic heterocycles. The monoisotopic (exact) mass is 395 g/mol. The van der Waals surface area contributed by atoms with Crippen molar-refractivity contribution in [2.24, 2.45) is 0 Å². The highest BCUT2D eigenvalue weighted by atomic mass is 16.1. The van der Waals surface area contributed by atoms with Crippen molar-refractivity contribution in [2.75, 3.05) is 10.6 Å². The van der Waals surface area contributed by atoms with Crippen LogP contribution in [0.25, 0.3) is 11.4 Å². The highest BCUT2D eigenvalue weighted by Gasteiger charge is 2.13. The Kier molecular flexibility index (Phi) is 5.75. The zero-order valence-electron chi connectivity index (χ0n) is 16.5. The fourth-order valence-electron chi connectivity index (χ4n) is 2.90. The summed E-state index contributed by atoms with van der Waals surface area (Å²) in [6.07, 6.45) is 3.49. The van der Waals surface area contributed by atoms with Gasteiger partial charge in [0.05, 0.1) is 0 Å². The first-order valence-electron chi connectivity index (χ1n) is 9.63. The Balaban J connectivity index is 1.62. The number of hydrogen-bond donors (Lipinski definition) is 2. The quantitative estimate of drug-likeness (QED) is 0.494. The van der Waals surface area contributed by atoms with Gasteiger partial charge in [-0.25, -0.2) is 9.97 Å². The molecule has 2 N–H and O–H groups in total. The summed E-state index contributed by atoms with van der Waals surface area (Å²) in [6.45, 7) is 2.57. The summed E-state index contributed by atoms with van der Waals surface area (Å²) in [7, 11) is 0. The van der Waals surface area contributed by atoms with E-state index in [1.165, 1.54) is 0 Å². The number of nitrogens with one attached hydrogen (secondary N) is 2. The van der Waals surface area contributed by atoms with Crippen LogP contribution in [-0.2, 0) is 6.54 Å². The molecule has 0 bridgehead atoms. The number of anilines is 2. The molecule has 4 aromatic rings. The predicted octanol–water partition coefficient (Wildman–Crippen LogP) is 4.71. The summed E-state index contributed by atoms with van der Waals surface area (Å²) < 4.78 is 0. The maximum Gasteiger partial charge on any atom is 0.274 e. The lowest BCUT2D eigenvalue weighted by Gasteiger charge is -2.11. The van der Waals surface area contributed by atoms with E-state index in [0.29, 0.717) is 23.9 Å². The first kappa shape index (κ1) is 19.3. The van der Waals surface area contributed by atoms with E-state index < -0.39 is 0 Å². The summed E-state index contributed by atoms with van der Waals surface area (Å²) >= 11 is 0. The third-order valence-corrected chi connectivity index (χ3v) is 4.52. The van der Waals surface area contributed by atoms with Gasteiger partial charge in [-0.05, 0) is 36.8 Å². The molecule has 0 spiro atoms. The van der Waals surface area contributed by atoms with Crippen LogP contribution in [-0.4, -0.2) is 20.9 Å². The van der Waals surface area contributed by atoms with Crippen molar-refractivity contribution in [3.05, 3.63) is 102 Å². The van der Waals surface area contributed by atoms with Crippen molar-refractivity contribution in [1.29, 1.82) is 0 Å². The lowest BCUT2D eigenvalue weighted by Crippen LogP contribution is -2.15. The molecule has 148 valence electrons. The number of pyridine rings is 1. The number of benzene rings is 2. The smallest absolute Gasteiger partial charge is 0.274 e. The molecular weight excluding hydrogens is 374 g/mol. The van der Waals surface area contributed by atoms with Crippen LogP contribution in [0.3, 0.4) is 0 Å². The zero-order valence-corrected chi connectivity index (χ0v) is 16.5. The van der Waals surface area contributed by atoms with Crippen LogP contribution in [0.4, 0.5) is 11.5 Å². The molecule has 30 heavy (non-hydrogen) atoms. The van der Waals surface area contributed by atoms with Gasteiger partial charge in [0.1, 0.15) is 11.5 Å². The molecule has 0 unspecified atom stereocenters. The van der Waals surface area contributed by atoms with E-state index >= 15 is 0 Å². The molecule has 1 amide bonds. The minimum Gasteiger partial charge on any atom is -0.366 e. The van der Waals surface area contributed by atoms with Crippen molar-refractivity contribution in [1.82, 2.24) is 15.0 Å². The van der Waals surface area contributed by atoms with Gasteiger partial charge in [0.25, 0.3) is 5.91 Å². The fourth-order valence-corrected chi connectivity index (χ4v) is 2.90. The Hall–Kier alpha value is -4.06. The summed E-state index contributed by atoms with van der Waals surface area (Å²) in [5, 5.41) is 6.18. The van der Waals surface area contributed by atoms with E-state index in [1.807, 2.05) is 73.7 Å². The molecular formula is C24H21N5O. The summed E-state index contributed by atoms with van der Waals surface area (Å²) in [5.74, 6) is 0.782. The van der Waals surface area contributed by atoms with Crippen LogP contribution >= 0.6 is 0 Å². The normalized spacial score (nSPS) is 10.4.